The van der Waals surface area contributed by atoms with E-state index < -0.39 is 0 Å². The van der Waals surface area contributed by atoms with E-state index in [0.29, 0.717) is 23.7 Å². The van der Waals surface area contributed by atoms with Crippen LogP contribution in [-0.4, -0.2) is 17.5 Å². The lowest BCUT2D eigenvalue weighted by Crippen LogP contribution is -2.18. The molecule has 0 aliphatic rings. The molecule has 2 aromatic carbocycles. The van der Waals surface area contributed by atoms with E-state index in [1.54, 1.807) is 0 Å². The molecule has 0 saturated carbocycles. The van der Waals surface area contributed by atoms with E-state index in [1.165, 1.54) is 33.6 Å². The van der Waals surface area contributed by atoms with E-state index in [4.69, 9.17) is 0 Å². The third-order valence-electron chi connectivity index (χ3n) is 5.69. The lowest BCUT2D eigenvalue weighted by atomic mass is 9.92. The summed E-state index contributed by atoms with van der Waals surface area (Å²) in [6.07, 6.45) is 4.14. The first kappa shape index (κ1) is 23.9. The van der Waals surface area contributed by atoms with Crippen molar-refractivity contribution in [1.29, 1.82) is 0 Å². The summed E-state index contributed by atoms with van der Waals surface area (Å²) in [4.78, 5) is 0. The van der Waals surface area contributed by atoms with Gasteiger partial charge in [-0.1, -0.05) is 104 Å². The number of hydrogen-bond donors (Lipinski definition) is 1. The summed E-state index contributed by atoms with van der Waals surface area (Å²) in [5.74, 6) is 1.82. The maximum atomic E-state index is 4.03. The lowest BCUT2D eigenvalue weighted by molar-refractivity contribution is -0.424. The minimum Gasteiger partial charge on any atom is -0.247 e. The average molecular weight is 406 g/mol. The quantitative estimate of drug-likeness (QED) is 0.192. The van der Waals surface area contributed by atoms with Gasteiger partial charge in [-0.05, 0) is 23.7 Å². The van der Waals surface area contributed by atoms with Gasteiger partial charge >= 0.3 is 0 Å². The van der Waals surface area contributed by atoms with Crippen LogP contribution < -0.4 is 5.32 Å². The summed E-state index contributed by atoms with van der Waals surface area (Å²) >= 11 is 0. The fraction of sp³-hybridized carbons (Fsp3) is 0.464. The highest BCUT2D eigenvalue weighted by Crippen LogP contribution is 2.35. The fourth-order valence-corrected chi connectivity index (χ4v) is 4.05. The zero-order valence-electron chi connectivity index (χ0n) is 20.3. The van der Waals surface area contributed by atoms with Crippen LogP contribution in [0.5, 0.6) is 0 Å². The third-order valence-corrected chi connectivity index (χ3v) is 5.69. The molecule has 0 aliphatic carbocycles. The molecule has 0 bridgehead atoms. The molecule has 1 N–H and O–H groups in total. The highest BCUT2D eigenvalue weighted by atomic mass is 15.1. The van der Waals surface area contributed by atoms with Gasteiger partial charge in [0.1, 0.15) is 17.9 Å². The Labute approximate surface area is 184 Å². The summed E-state index contributed by atoms with van der Waals surface area (Å²) in [7, 11) is 0. The third kappa shape index (κ3) is 5.41. The van der Waals surface area contributed by atoms with E-state index >= 15 is 0 Å². The van der Waals surface area contributed by atoms with Gasteiger partial charge in [-0.3, -0.25) is 0 Å². The Morgan fingerprint density at radius 1 is 0.733 bits per heavy atom. The SMILES string of the molecule is C=CC[N+](=CNc1c(C(C)C)cccc1C(C)C)c1c(C(C)C)cccc1C(C)C. The van der Waals surface area contributed by atoms with Crippen molar-refractivity contribution in [3.8, 4) is 0 Å². The van der Waals surface area contributed by atoms with Crippen molar-refractivity contribution in [2.75, 3.05) is 11.9 Å². The van der Waals surface area contributed by atoms with Crippen LogP contribution in [0.3, 0.4) is 0 Å². The smallest absolute Gasteiger partial charge is 0.242 e. The minimum atomic E-state index is 0.452. The molecule has 0 unspecified atom stereocenters. The Hall–Kier alpha value is -2.35. The molecule has 0 heterocycles. The Morgan fingerprint density at radius 3 is 1.50 bits per heavy atom. The van der Waals surface area contributed by atoms with Crippen molar-refractivity contribution in [2.24, 2.45) is 0 Å². The highest BCUT2D eigenvalue weighted by molar-refractivity contribution is 5.78. The molecule has 0 spiro atoms. The van der Waals surface area contributed by atoms with Gasteiger partial charge in [0.05, 0.1) is 0 Å². The van der Waals surface area contributed by atoms with E-state index in [-0.39, 0.29) is 0 Å². The van der Waals surface area contributed by atoms with Crippen LogP contribution in [0.25, 0.3) is 0 Å². The van der Waals surface area contributed by atoms with Gasteiger partial charge < -0.3 is 0 Å². The van der Waals surface area contributed by atoms with Gasteiger partial charge in [-0.25, -0.2) is 9.89 Å². The Morgan fingerprint density at radius 2 is 1.13 bits per heavy atom. The van der Waals surface area contributed by atoms with Crippen molar-refractivity contribution in [1.82, 2.24) is 0 Å². The second-order valence-corrected chi connectivity index (χ2v) is 9.43. The Bertz CT molecular complexity index is 833. The summed E-state index contributed by atoms with van der Waals surface area (Å²) in [6.45, 7) is 22.9. The van der Waals surface area contributed by atoms with E-state index in [0.717, 1.165) is 6.54 Å². The van der Waals surface area contributed by atoms with E-state index in [2.05, 4.69) is 115 Å². The zero-order valence-corrected chi connectivity index (χ0v) is 20.3. The van der Waals surface area contributed by atoms with Crippen LogP contribution in [0, 0.1) is 0 Å². The topological polar surface area (TPSA) is 15.0 Å². The van der Waals surface area contributed by atoms with Crippen LogP contribution in [-0.2, 0) is 0 Å². The van der Waals surface area contributed by atoms with Gasteiger partial charge in [0.2, 0.25) is 6.34 Å². The zero-order chi connectivity index (χ0) is 22.4. The number of nitrogens with zero attached hydrogens (tertiary/aromatic N) is 1. The highest BCUT2D eigenvalue weighted by Gasteiger charge is 2.21. The molecule has 2 nitrogen and oxygen atoms in total. The van der Waals surface area contributed by atoms with Crippen LogP contribution in [0.2, 0.25) is 0 Å². The molecule has 0 radical (unpaired) electrons. The lowest BCUT2D eigenvalue weighted by Gasteiger charge is -2.20. The van der Waals surface area contributed by atoms with Gasteiger partial charge in [0.15, 0.2) is 0 Å². The van der Waals surface area contributed by atoms with Crippen molar-refractivity contribution in [3.63, 3.8) is 0 Å². The Balaban J connectivity index is 2.66. The minimum absolute atomic E-state index is 0.452. The number of hydrogen-bond acceptors (Lipinski definition) is 0. The van der Waals surface area contributed by atoms with Gasteiger partial charge in [0.25, 0.3) is 0 Å². The first-order valence-electron chi connectivity index (χ1n) is 11.4. The molecule has 30 heavy (non-hydrogen) atoms. The predicted molar refractivity (Wildman–Crippen MR) is 134 cm³/mol. The second kappa shape index (κ2) is 10.6. The predicted octanol–water partition coefficient (Wildman–Crippen LogP) is 8.15. The summed E-state index contributed by atoms with van der Waals surface area (Å²) in [5, 5.41) is 3.71. The molecule has 0 fully saturated rings. The number of benzene rings is 2. The standard InChI is InChI=1S/C28H40N2/c1-10-17-30(28-25(21(6)7)15-12-16-26(28)22(8)9)18-29-27-23(19(2)3)13-11-14-24(27)20(4)5/h10-16,18-22H,1,17H2,2-9H3/p+1. The molecule has 0 atom stereocenters. The van der Waals surface area contributed by atoms with Crippen molar-refractivity contribution in [2.45, 2.75) is 79.1 Å². The molecule has 2 aromatic rings. The van der Waals surface area contributed by atoms with Crippen LogP contribution >= 0.6 is 0 Å². The van der Waals surface area contributed by atoms with E-state index in [1.807, 2.05) is 6.08 Å². The molecule has 0 aliphatic heterocycles. The largest absolute Gasteiger partial charge is 0.247 e. The monoisotopic (exact) mass is 405 g/mol. The van der Waals surface area contributed by atoms with Crippen molar-refractivity contribution < 1.29 is 4.58 Å². The second-order valence-electron chi connectivity index (χ2n) is 9.43. The molecule has 2 rings (SSSR count). The fourth-order valence-electron chi connectivity index (χ4n) is 4.05. The van der Waals surface area contributed by atoms with Crippen molar-refractivity contribution in [3.05, 3.63) is 71.3 Å². The van der Waals surface area contributed by atoms with Gasteiger partial charge in [-0.2, -0.15) is 0 Å². The number of anilines is 1. The number of rotatable bonds is 9. The van der Waals surface area contributed by atoms with Crippen LogP contribution in [0.1, 0.15) is 101 Å². The maximum Gasteiger partial charge on any atom is 0.242 e. The summed E-state index contributed by atoms with van der Waals surface area (Å²) < 4.78 is 2.33. The van der Waals surface area contributed by atoms with Gasteiger partial charge in [0, 0.05) is 22.3 Å². The number of para-hydroxylation sites is 2. The molecule has 2 heteroatoms. The number of nitrogens with one attached hydrogen (secondary N) is 1. The Kier molecular flexibility index (Phi) is 8.46. The average Bonchev–Trinajstić information content (AvgIpc) is 2.69. The summed E-state index contributed by atoms with van der Waals surface area (Å²) in [6, 6.07) is 13.4. The first-order valence-corrected chi connectivity index (χ1v) is 11.4. The van der Waals surface area contributed by atoms with Gasteiger partial charge in [-0.15, -0.1) is 0 Å². The molecule has 162 valence electrons. The molecule has 0 saturated heterocycles. The van der Waals surface area contributed by atoms with E-state index in [9.17, 15) is 0 Å². The molecular formula is C28H41N2+. The summed E-state index contributed by atoms with van der Waals surface area (Å²) in [5.41, 5.74) is 8.02. The first-order chi connectivity index (χ1) is 14.2. The van der Waals surface area contributed by atoms with Crippen LogP contribution in [0.4, 0.5) is 11.4 Å². The maximum absolute atomic E-state index is 4.03. The van der Waals surface area contributed by atoms with Crippen molar-refractivity contribution >= 4 is 17.7 Å². The molecular weight excluding hydrogens is 364 g/mol. The molecule has 0 aromatic heterocycles. The van der Waals surface area contributed by atoms with Crippen LogP contribution in [0.15, 0.2) is 49.1 Å². The molecule has 0 amide bonds. The normalized spacial score (nSPS) is 12.3.